The molecular weight excluding hydrogens is 314 g/mol. The highest BCUT2D eigenvalue weighted by atomic mass is 16.3. The molecule has 134 valence electrons. The van der Waals surface area contributed by atoms with E-state index in [4.69, 9.17) is 0 Å². The van der Waals surface area contributed by atoms with Gasteiger partial charge in [-0.3, -0.25) is 0 Å². The molecule has 2 aromatic rings. The summed E-state index contributed by atoms with van der Waals surface area (Å²) in [5, 5.41) is 16.0. The molecule has 2 aromatic carbocycles. The summed E-state index contributed by atoms with van der Waals surface area (Å²) in [4.78, 5) is 14.2. The van der Waals surface area contributed by atoms with E-state index in [1.807, 2.05) is 75.6 Å². The van der Waals surface area contributed by atoms with Crippen LogP contribution in [0.5, 0.6) is 0 Å². The van der Waals surface area contributed by atoms with Crippen LogP contribution in [-0.2, 0) is 6.54 Å². The lowest BCUT2D eigenvalue weighted by Gasteiger charge is -2.19. The first kappa shape index (κ1) is 19.0. The number of amides is 2. The molecule has 5 heteroatoms. The third-order valence-corrected chi connectivity index (χ3v) is 3.82. The lowest BCUT2D eigenvalue weighted by Crippen LogP contribution is -2.37. The molecule has 0 aromatic heterocycles. The van der Waals surface area contributed by atoms with Crippen molar-refractivity contribution >= 4 is 11.7 Å². The average Bonchev–Trinajstić information content (AvgIpc) is 2.55. The molecule has 0 bridgehead atoms. The van der Waals surface area contributed by atoms with Gasteiger partial charge in [-0.2, -0.15) is 0 Å². The summed E-state index contributed by atoms with van der Waals surface area (Å²) >= 11 is 0. The zero-order valence-electron chi connectivity index (χ0n) is 15.1. The summed E-state index contributed by atoms with van der Waals surface area (Å²) in [6, 6.07) is 16.8. The van der Waals surface area contributed by atoms with Crippen molar-refractivity contribution in [1.29, 1.82) is 0 Å². The Labute approximate surface area is 149 Å². The van der Waals surface area contributed by atoms with Crippen LogP contribution in [0.25, 0.3) is 0 Å². The highest BCUT2D eigenvalue weighted by molar-refractivity contribution is 5.89. The van der Waals surface area contributed by atoms with Crippen molar-refractivity contribution in [2.45, 2.75) is 32.0 Å². The third-order valence-electron chi connectivity index (χ3n) is 3.82. The van der Waals surface area contributed by atoms with Crippen molar-refractivity contribution < 1.29 is 9.90 Å². The number of hydrogen-bond acceptors (Lipinski definition) is 3. The van der Waals surface area contributed by atoms with Gasteiger partial charge < -0.3 is 20.6 Å². The van der Waals surface area contributed by atoms with E-state index in [0.29, 0.717) is 6.42 Å². The van der Waals surface area contributed by atoms with Crippen LogP contribution in [0.3, 0.4) is 0 Å². The number of rotatable bonds is 7. The molecule has 25 heavy (non-hydrogen) atoms. The number of carbonyl (C=O) groups is 1. The Morgan fingerprint density at radius 3 is 2.52 bits per heavy atom. The zero-order chi connectivity index (χ0) is 18.2. The minimum absolute atomic E-state index is 0.153. The predicted molar refractivity (Wildman–Crippen MR) is 101 cm³/mol. The largest absolute Gasteiger partial charge is 0.388 e. The zero-order valence-corrected chi connectivity index (χ0v) is 15.1. The van der Waals surface area contributed by atoms with Gasteiger partial charge in [0.2, 0.25) is 0 Å². The maximum atomic E-state index is 12.2. The van der Waals surface area contributed by atoms with Crippen molar-refractivity contribution in [2.75, 3.05) is 19.4 Å². The summed E-state index contributed by atoms with van der Waals surface area (Å²) in [5.74, 6) is 0. The smallest absolute Gasteiger partial charge is 0.319 e. The van der Waals surface area contributed by atoms with E-state index in [1.165, 1.54) is 0 Å². The van der Waals surface area contributed by atoms with Gasteiger partial charge in [-0.05, 0) is 50.7 Å². The van der Waals surface area contributed by atoms with E-state index in [2.05, 4.69) is 15.5 Å². The van der Waals surface area contributed by atoms with Crippen molar-refractivity contribution in [1.82, 2.24) is 10.2 Å². The molecule has 2 rings (SSSR count). The van der Waals surface area contributed by atoms with Gasteiger partial charge in [-0.25, -0.2) is 4.79 Å². The second kappa shape index (κ2) is 9.20. The van der Waals surface area contributed by atoms with Gasteiger partial charge in [-0.15, -0.1) is 0 Å². The molecule has 0 aliphatic carbocycles. The Balaban J connectivity index is 1.85. The van der Waals surface area contributed by atoms with E-state index >= 15 is 0 Å². The number of hydrogen-bond donors (Lipinski definition) is 3. The molecule has 0 aliphatic rings. The van der Waals surface area contributed by atoms with Crippen molar-refractivity contribution in [2.24, 2.45) is 0 Å². The van der Waals surface area contributed by atoms with Gasteiger partial charge >= 0.3 is 6.03 Å². The van der Waals surface area contributed by atoms with Gasteiger partial charge in [0.25, 0.3) is 0 Å². The molecule has 0 spiro atoms. The summed E-state index contributed by atoms with van der Waals surface area (Å²) < 4.78 is 0. The second-order valence-corrected chi connectivity index (χ2v) is 6.60. The van der Waals surface area contributed by atoms with Gasteiger partial charge in [0, 0.05) is 18.3 Å². The molecule has 0 aliphatic heterocycles. The SMILES string of the molecule is CC(CC(O)c1ccccc1)NC(=O)Nc1cccc(CN(C)C)c1. The van der Waals surface area contributed by atoms with Gasteiger partial charge in [0.15, 0.2) is 0 Å². The lowest BCUT2D eigenvalue weighted by atomic mass is 10.0. The normalized spacial score (nSPS) is 13.3. The van der Waals surface area contributed by atoms with Crippen molar-refractivity contribution in [3.8, 4) is 0 Å². The van der Waals surface area contributed by atoms with Gasteiger partial charge in [-0.1, -0.05) is 42.5 Å². The Kier molecular flexibility index (Phi) is 6.98. The Morgan fingerprint density at radius 2 is 1.84 bits per heavy atom. The minimum Gasteiger partial charge on any atom is -0.388 e. The number of aliphatic hydroxyl groups is 1. The van der Waals surface area contributed by atoms with E-state index in [-0.39, 0.29) is 12.1 Å². The Hall–Kier alpha value is -2.37. The maximum absolute atomic E-state index is 12.2. The molecule has 0 saturated carbocycles. The standard InChI is InChI=1S/C20H27N3O2/c1-15(12-19(24)17-9-5-4-6-10-17)21-20(25)22-18-11-7-8-16(13-18)14-23(2)3/h4-11,13,15,19,24H,12,14H2,1-3H3,(H2,21,22,25). The molecule has 5 nitrogen and oxygen atoms in total. The molecular formula is C20H27N3O2. The van der Waals surface area contributed by atoms with Gasteiger partial charge in [0.1, 0.15) is 0 Å². The quantitative estimate of drug-likeness (QED) is 0.723. The first-order valence-corrected chi connectivity index (χ1v) is 8.48. The molecule has 2 amide bonds. The molecule has 3 N–H and O–H groups in total. The van der Waals surface area contributed by atoms with Crippen LogP contribution >= 0.6 is 0 Å². The molecule has 0 radical (unpaired) electrons. The highest BCUT2D eigenvalue weighted by Gasteiger charge is 2.14. The van der Waals surface area contributed by atoms with E-state index in [1.54, 1.807) is 0 Å². The summed E-state index contributed by atoms with van der Waals surface area (Å²) in [6.45, 7) is 2.70. The van der Waals surface area contributed by atoms with E-state index < -0.39 is 6.10 Å². The number of aliphatic hydroxyl groups excluding tert-OH is 1. The average molecular weight is 341 g/mol. The monoisotopic (exact) mass is 341 g/mol. The highest BCUT2D eigenvalue weighted by Crippen LogP contribution is 2.18. The topological polar surface area (TPSA) is 64.6 Å². The summed E-state index contributed by atoms with van der Waals surface area (Å²) in [7, 11) is 4.01. The lowest BCUT2D eigenvalue weighted by molar-refractivity contribution is 0.155. The number of nitrogens with zero attached hydrogens (tertiary/aromatic N) is 1. The van der Waals surface area contributed by atoms with Crippen LogP contribution in [-0.4, -0.2) is 36.2 Å². The van der Waals surface area contributed by atoms with Crippen LogP contribution in [0.1, 0.15) is 30.6 Å². The Morgan fingerprint density at radius 1 is 1.12 bits per heavy atom. The first-order valence-electron chi connectivity index (χ1n) is 8.48. The van der Waals surface area contributed by atoms with Crippen molar-refractivity contribution in [3.05, 3.63) is 65.7 Å². The minimum atomic E-state index is -0.597. The second-order valence-electron chi connectivity index (χ2n) is 6.60. The van der Waals surface area contributed by atoms with Crippen LogP contribution in [0.4, 0.5) is 10.5 Å². The molecule has 0 fully saturated rings. The summed E-state index contributed by atoms with van der Waals surface area (Å²) in [6.07, 6.45) is -0.141. The molecule has 2 atom stereocenters. The van der Waals surface area contributed by atoms with Crippen LogP contribution in [0, 0.1) is 0 Å². The number of anilines is 1. The Bertz CT molecular complexity index is 674. The molecule has 2 unspecified atom stereocenters. The van der Waals surface area contributed by atoms with Crippen LogP contribution in [0.2, 0.25) is 0 Å². The van der Waals surface area contributed by atoms with Crippen molar-refractivity contribution in [3.63, 3.8) is 0 Å². The maximum Gasteiger partial charge on any atom is 0.319 e. The molecule has 0 heterocycles. The fourth-order valence-electron chi connectivity index (χ4n) is 2.71. The van der Waals surface area contributed by atoms with Crippen LogP contribution in [0.15, 0.2) is 54.6 Å². The summed E-state index contributed by atoms with van der Waals surface area (Å²) in [5.41, 5.74) is 2.75. The van der Waals surface area contributed by atoms with Gasteiger partial charge in [0.05, 0.1) is 6.10 Å². The number of urea groups is 1. The van der Waals surface area contributed by atoms with Crippen LogP contribution < -0.4 is 10.6 Å². The van der Waals surface area contributed by atoms with E-state index in [0.717, 1.165) is 23.4 Å². The number of benzene rings is 2. The fraction of sp³-hybridized carbons (Fsp3) is 0.350. The first-order chi connectivity index (χ1) is 11.9. The molecule has 0 saturated heterocycles. The number of nitrogens with one attached hydrogen (secondary N) is 2. The number of carbonyl (C=O) groups excluding carboxylic acids is 1. The fourth-order valence-corrected chi connectivity index (χ4v) is 2.71. The van der Waals surface area contributed by atoms with E-state index in [9.17, 15) is 9.90 Å². The third kappa shape index (κ3) is 6.57. The predicted octanol–water partition coefficient (Wildman–Crippen LogP) is 3.38.